The van der Waals surface area contributed by atoms with Gasteiger partial charge < -0.3 is 10.0 Å². The molecule has 0 bridgehead atoms. The van der Waals surface area contributed by atoms with Crippen molar-refractivity contribution in [1.82, 2.24) is 4.90 Å². The molecule has 4 nitrogen and oxygen atoms in total. The number of carbonyl (C=O) groups is 1. The van der Waals surface area contributed by atoms with Gasteiger partial charge in [0.25, 0.3) is 0 Å². The fourth-order valence-electron chi connectivity index (χ4n) is 2.74. The number of rotatable bonds is 3. The van der Waals surface area contributed by atoms with Gasteiger partial charge >= 0.3 is 5.97 Å². The molecule has 2 rings (SSSR count). The first-order chi connectivity index (χ1) is 8.95. The molecule has 1 atom stereocenters. The summed E-state index contributed by atoms with van der Waals surface area (Å²) in [5.74, 6) is -0.723. The smallest absolute Gasteiger partial charge is 0.305 e. The minimum absolute atomic E-state index is 0.0899. The lowest BCUT2D eigenvalue weighted by Crippen LogP contribution is -2.52. The fourth-order valence-corrected chi connectivity index (χ4v) is 2.74. The molecular weight excluding hydrogens is 240 g/mol. The van der Waals surface area contributed by atoms with Crippen LogP contribution in [-0.2, 0) is 4.79 Å². The molecule has 1 aliphatic rings. The number of likely N-dealkylation sites (N-methyl/N-ethyl adjacent to an activating group) is 1. The van der Waals surface area contributed by atoms with Crippen molar-refractivity contribution >= 4 is 11.7 Å². The molecule has 0 radical (unpaired) electrons. The molecule has 1 unspecified atom stereocenters. The number of carboxylic acid groups (broad SMARTS) is 1. The Bertz CT molecular complexity index is 453. The van der Waals surface area contributed by atoms with Crippen LogP contribution in [0.15, 0.2) is 18.2 Å². The van der Waals surface area contributed by atoms with Gasteiger partial charge in [-0.2, -0.15) is 0 Å². The molecule has 1 aromatic rings. The highest BCUT2D eigenvalue weighted by Gasteiger charge is 2.26. The third-order valence-electron chi connectivity index (χ3n) is 3.76. The minimum atomic E-state index is -0.723. The molecule has 1 N–H and O–H groups in total. The Balaban J connectivity index is 2.14. The SMILES string of the molecule is Cc1cc(C)cc(N2CCN(C)C(CC(=O)O)C2)c1. The zero-order valence-corrected chi connectivity index (χ0v) is 11.9. The summed E-state index contributed by atoms with van der Waals surface area (Å²) in [6, 6.07) is 6.60. The lowest BCUT2D eigenvalue weighted by atomic mass is 10.1. The van der Waals surface area contributed by atoms with E-state index in [1.165, 1.54) is 16.8 Å². The van der Waals surface area contributed by atoms with Gasteiger partial charge in [-0.3, -0.25) is 9.69 Å². The van der Waals surface area contributed by atoms with E-state index in [1.807, 2.05) is 7.05 Å². The van der Waals surface area contributed by atoms with Crippen LogP contribution in [0.4, 0.5) is 5.69 Å². The van der Waals surface area contributed by atoms with Crippen LogP contribution in [0.3, 0.4) is 0 Å². The van der Waals surface area contributed by atoms with Gasteiger partial charge in [-0.25, -0.2) is 0 Å². The Morgan fingerprint density at radius 3 is 2.47 bits per heavy atom. The molecule has 0 spiro atoms. The second kappa shape index (κ2) is 5.61. The number of aryl methyl sites for hydroxylation is 2. The molecule has 1 heterocycles. The molecule has 1 saturated heterocycles. The van der Waals surface area contributed by atoms with E-state index in [-0.39, 0.29) is 12.5 Å². The Morgan fingerprint density at radius 1 is 1.26 bits per heavy atom. The molecule has 0 saturated carbocycles. The van der Waals surface area contributed by atoms with Crippen molar-refractivity contribution in [3.05, 3.63) is 29.3 Å². The summed E-state index contributed by atoms with van der Waals surface area (Å²) >= 11 is 0. The van der Waals surface area contributed by atoms with Gasteiger partial charge in [0.1, 0.15) is 0 Å². The van der Waals surface area contributed by atoms with E-state index >= 15 is 0 Å². The molecule has 4 heteroatoms. The summed E-state index contributed by atoms with van der Waals surface area (Å²) < 4.78 is 0. The van der Waals surface area contributed by atoms with E-state index in [1.54, 1.807) is 0 Å². The number of hydrogen-bond acceptors (Lipinski definition) is 3. The van der Waals surface area contributed by atoms with Gasteiger partial charge in [-0.15, -0.1) is 0 Å². The van der Waals surface area contributed by atoms with Crippen molar-refractivity contribution in [2.45, 2.75) is 26.3 Å². The third kappa shape index (κ3) is 3.47. The highest BCUT2D eigenvalue weighted by Crippen LogP contribution is 2.22. The van der Waals surface area contributed by atoms with Crippen molar-refractivity contribution < 1.29 is 9.90 Å². The van der Waals surface area contributed by atoms with Crippen LogP contribution in [0.2, 0.25) is 0 Å². The van der Waals surface area contributed by atoms with Crippen molar-refractivity contribution in [1.29, 1.82) is 0 Å². The molecule has 19 heavy (non-hydrogen) atoms. The number of carboxylic acids is 1. The van der Waals surface area contributed by atoms with Crippen molar-refractivity contribution in [3.63, 3.8) is 0 Å². The Kier molecular flexibility index (Phi) is 4.10. The molecule has 0 amide bonds. The lowest BCUT2D eigenvalue weighted by molar-refractivity contribution is -0.138. The van der Waals surface area contributed by atoms with Crippen LogP contribution in [0.1, 0.15) is 17.5 Å². The quantitative estimate of drug-likeness (QED) is 0.903. The highest BCUT2D eigenvalue weighted by molar-refractivity contribution is 5.67. The topological polar surface area (TPSA) is 43.8 Å². The van der Waals surface area contributed by atoms with Gasteiger partial charge in [0.2, 0.25) is 0 Å². The van der Waals surface area contributed by atoms with Crippen LogP contribution in [0.5, 0.6) is 0 Å². The Labute approximate surface area is 114 Å². The highest BCUT2D eigenvalue weighted by atomic mass is 16.4. The third-order valence-corrected chi connectivity index (χ3v) is 3.76. The summed E-state index contributed by atoms with van der Waals surface area (Å²) in [4.78, 5) is 15.4. The summed E-state index contributed by atoms with van der Waals surface area (Å²) in [6.45, 7) is 6.84. The van der Waals surface area contributed by atoms with Gasteiger partial charge in [-0.1, -0.05) is 6.07 Å². The molecule has 1 aliphatic heterocycles. The number of benzene rings is 1. The minimum Gasteiger partial charge on any atom is -0.481 e. The predicted octanol–water partition coefficient (Wildman–Crippen LogP) is 1.90. The predicted molar refractivity (Wildman–Crippen MR) is 76.8 cm³/mol. The molecule has 0 aromatic heterocycles. The van der Waals surface area contributed by atoms with Gasteiger partial charge in [0.15, 0.2) is 0 Å². The molecule has 1 fully saturated rings. The van der Waals surface area contributed by atoms with E-state index in [4.69, 9.17) is 5.11 Å². The zero-order valence-electron chi connectivity index (χ0n) is 11.9. The standard InChI is InChI=1S/C15H22N2O2/c1-11-6-12(2)8-13(7-11)17-5-4-16(3)14(10-17)9-15(18)19/h6-8,14H,4-5,9-10H2,1-3H3,(H,18,19). The first kappa shape index (κ1) is 13.9. The van der Waals surface area contributed by atoms with Crippen molar-refractivity contribution in [3.8, 4) is 0 Å². The Morgan fingerprint density at radius 2 is 1.89 bits per heavy atom. The summed E-state index contributed by atoms with van der Waals surface area (Å²) in [5.41, 5.74) is 3.72. The second-order valence-electron chi connectivity index (χ2n) is 5.52. The fraction of sp³-hybridized carbons (Fsp3) is 0.533. The van der Waals surface area contributed by atoms with Crippen LogP contribution < -0.4 is 4.90 Å². The lowest BCUT2D eigenvalue weighted by Gasteiger charge is -2.40. The normalized spacial score (nSPS) is 20.6. The van der Waals surface area contributed by atoms with E-state index in [0.29, 0.717) is 0 Å². The summed E-state index contributed by atoms with van der Waals surface area (Å²) in [5, 5.41) is 8.98. The van der Waals surface area contributed by atoms with E-state index < -0.39 is 5.97 Å². The first-order valence-corrected chi connectivity index (χ1v) is 6.71. The van der Waals surface area contributed by atoms with Crippen LogP contribution >= 0.6 is 0 Å². The monoisotopic (exact) mass is 262 g/mol. The number of hydrogen-bond donors (Lipinski definition) is 1. The van der Waals surface area contributed by atoms with Gasteiger partial charge in [-0.05, 0) is 44.2 Å². The number of piperazine rings is 1. The van der Waals surface area contributed by atoms with Crippen LogP contribution in [-0.4, -0.2) is 48.7 Å². The van der Waals surface area contributed by atoms with Gasteiger partial charge in [0.05, 0.1) is 6.42 Å². The largest absolute Gasteiger partial charge is 0.481 e. The summed E-state index contributed by atoms with van der Waals surface area (Å²) in [6.07, 6.45) is 0.206. The average molecular weight is 262 g/mol. The number of anilines is 1. The van der Waals surface area contributed by atoms with E-state index in [0.717, 1.165) is 19.6 Å². The van der Waals surface area contributed by atoms with Crippen LogP contribution in [0, 0.1) is 13.8 Å². The van der Waals surface area contributed by atoms with Crippen LogP contribution in [0.25, 0.3) is 0 Å². The van der Waals surface area contributed by atoms with E-state index in [9.17, 15) is 4.79 Å². The average Bonchev–Trinajstić information content (AvgIpc) is 2.30. The molecule has 1 aromatic carbocycles. The van der Waals surface area contributed by atoms with E-state index in [2.05, 4.69) is 41.8 Å². The Hall–Kier alpha value is -1.55. The molecule has 0 aliphatic carbocycles. The zero-order chi connectivity index (χ0) is 14.0. The first-order valence-electron chi connectivity index (χ1n) is 6.71. The molecule has 104 valence electrons. The molecular formula is C15H22N2O2. The van der Waals surface area contributed by atoms with Crippen molar-refractivity contribution in [2.75, 3.05) is 31.6 Å². The summed E-state index contributed by atoms with van der Waals surface area (Å²) in [7, 11) is 2.01. The number of nitrogens with zero attached hydrogens (tertiary/aromatic N) is 2. The maximum Gasteiger partial charge on any atom is 0.305 e. The van der Waals surface area contributed by atoms with Crippen molar-refractivity contribution in [2.24, 2.45) is 0 Å². The second-order valence-corrected chi connectivity index (χ2v) is 5.52. The number of aliphatic carboxylic acids is 1. The van der Waals surface area contributed by atoms with Gasteiger partial charge in [0, 0.05) is 31.4 Å². The maximum atomic E-state index is 10.9. The maximum absolute atomic E-state index is 10.9.